The quantitative estimate of drug-likeness (QED) is 0.745. The number of carbonyl (C=O) groups excluding carboxylic acids is 1. The van der Waals surface area contributed by atoms with Gasteiger partial charge in [-0.25, -0.2) is 0 Å². The molecular weight excluding hydrogens is 386 g/mol. The molecule has 2 aromatic rings. The fraction of sp³-hybridized carbons (Fsp3) is 0.435. The summed E-state index contributed by atoms with van der Waals surface area (Å²) in [6.07, 6.45) is 1.67. The molecule has 0 spiro atoms. The van der Waals surface area contributed by atoms with Crippen molar-refractivity contribution in [3.63, 3.8) is 0 Å². The van der Waals surface area contributed by atoms with E-state index in [1.807, 2.05) is 24.3 Å². The first kappa shape index (κ1) is 20.3. The Balaban J connectivity index is 1.59. The van der Waals surface area contributed by atoms with Gasteiger partial charge in [0.05, 0.1) is 46.9 Å². The zero-order chi connectivity index (χ0) is 21.3. The summed E-state index contributed by atoms with van der Waals surface area (Å²) >= 11 is 0. The first-order valence-electron chi connectivity index (χ1n) is 10.1. The number of Topliss-reactive ketones (excluding diaryl/α,β-unsaturated/α-hetero) is 1. The van der Waals surface area contributed by atoms with E-state index in [1.165, 1.54) is 10.5 Å². The summed E-state index contributed by atoms with van der Waals surface area (Å²) in [6, 6.07) is 7.65. The smallest absolute Gasteiger partial charge is 0.231 e. The van der Waals surface area contributed by atoms with Gasteiger partial charge >= 0.3 is 0 Å². The molecule has 0 radical (unpaired) electrons. The van der Waals surface area contributed by atoms with E-state index >= 15 is 0 Å². The van der Waals surface area contributed by atoms with Crippen molar-refractivity contribution < 1.29 is 33.4 Å². The number of quaternary nitrogens is 1. The van der Waals surface area contributed by atoms with E-state index in [9.17, 15) is 4.79 Å². The standard InChI is InChI=1S/C23H27NO6/c1-24-8-7-15-11-20-22(30-13-29-20)23(28-4)21(15)17(24)12-16(25)9-14-5-6-18(26-2)19(10-14)27-3/h5-6,10-11,17H,7-9,12-13H2,1-4H3/p+1/t17-/m0/s1. The van der Waals surface area contributed by atoms with Gasteiger partial charge in [-0.1, -0.05) is 6.07 Å². The molecule has 0 saturated carbocycles. The van der Waals surface area contributed by atoms with E-state index in [0.717, 1.165) is 29.8 Å². The molecule has 2 heterocycles. The lowest BCUT2D eigenvalue weighted by Gasteiger charge is -2.32. The topological polar surface area (TPSA) is 67.7 Å². The fourth-order valence-electron chi connectivity index (χ4n) is 4.42. The van der Waals surface area contributed by atoms with E-state index in [1.54, 1.807) is 21.3 Å². The Morgan fingerprint density at radius 2 is 1.90 bits per heavy atom. The highest BCUT2D eigenvalue weighted by atomic mass is 16.7. The molecule has 0 saturated heterocycles. The van der Waals surface area contributed by atoms with E-state index < -0.39 is 0 Å². The minimum atomic E-state index is 0.00541. The van der Waals surface area contributed by atoms with Crippen LogP contribution >= 0.6 is 0 Å². The number of likely N-dealkylation sites (N-methyl/N-ethyl adjacent to an activating group) is 1. The van der Waals surface area contributed by atoms with Crippen LogP contribution in [0, 0.1) is 0 Å². The van der Waals surface area contributed by atoms with Crippen LogP contribution < -0.4 is 28.6 Å². The maximum Gasteiger partial charge on any atom is 0.231 e. The predicted octanol–water partition coefficient (Wildman–Crippen LogP) is 1.75. The third kappa shape index (κ3) is 3.65. The van der Waals surface area contributed by atoms with Crippen molar-refractivity contribution in [1.82, 2.24) is 0 Å². The van der Waals surface area contributed by atoms with E-state index in [-0.39, 0.29) is 18.6 Å². The summed E-state index contributed by atoms with van der Waals surface area (Å²) in [6.45, 7) is 1.14. The summed E-state index contributed by atoms with van der Waals surface area (Å²) in [7, 11) is 6.96. The predicted molar refractivity (Wildman–Crippen MR) is 110 cm³/mol. The molecule has 2 aliphatic heterocycles. The van der Waals surface area contributed by atoms with Crippen molar-refractivity contribution in [2.24, 2.45) is 0 Å². The Morgan fingerprint density at radius 1 is 1.10 bits per heavy atom. The number of fused-ring (bicyclic) bond motifs is 2. The molecule has 2 aromatic carbocycles. The largest absolute Gasteiger partial charge is 0.493 e. The zero-order valence-electron chi connectivity index (χ0n) is 17.9. The molecule has 2 atom stereocenters. The van der Waals surface area contributed by atoms with Crippen LogP contribution in [-0.4, -0.2) is 47.5 Å². The Labute approximate surface area is 176 Å². The lowest BCUT2D eigenvalue weighted by atomic mass is 9.87. The van der Waals surface area contributed by atoms with Gasteiger partial charge in [-0.05, 0) is 29.3 Å². The molecule has 1 unspecified atom stereocenters. The van der Waals surface area contributed by atoms with Gasteiger partial charge in [-0.3, -0.25) is 4.79 Å². The van der Waals surface area contributed by atoms with Gasteiger partial charge < -0.3 is 28.6 Å². The molecule has 0 amide bonds. The molecule has 30 heavy (non-hydrogen) atoms. The van der Waals surface area contributed by atoms with Crippen LogP contribution in [0.15, 0.2) is 24.3 Å². The maximum absolute atomic E-state index is 13.0. The van der Waals surface area contributed by atoms with Gasteiger partial charge in [-0.15, -0.1) is 0 Å². The Kier molecular flexibility index (Phi) is 5.72. The average molecular weight is 414 g/mol. The van der Waals surface area contributed by atoms with Gasteiger partial charge in [0.2, 0.25) is 12.5 Å². The first-order valence-corrected chi connectivity index (χ1v) is 10.1. The van der Waals surface area contributed by atoms with Crippen LogP contribution in [0.1, 0.15) is 29.2 Å². The lowest BCUT2D eigenvalue weighted by Crippen LogP contribution is -3.10. The van der Waals surface area contributed by atoms with Crippen molar-refractivity contribution in [3.05, 3.63) is 41.0 Å². The third-order valence-corrected chi connectivity index (χ3v) is 5.96. The van der Waals surface area contributed by atoms with Crippen LogP contribution in [0.3, 0.4) is 0 Å². The van der Waals surface area contributed by atoms with Gasteiger partial charge in [-0.2, -0.15) is 0 Å². The third-order valence-electron chi connectivity index (χ3n) is 5.96. The molecule has 4 rings (SSSR count). The molecule has 160 valence electrons. The molecule has 2 aliphatic rings. The second-order valence-electron chi connectivity index (χ2n) is 7.72. The molecule has 0 aliphatic carbocycles. The van der Waals surface area contributed by atoms with Gasteiger partial charge in [0.15, 0.2) is 23.0 Å². The summed E-state index contributed by atoms with van der Waals surface area (Å²) in [5.74, 6) is 3.51. The van der Waals surface area contributed by atoms with Crippen LogP contribution in [0.2, 0.25) is 0 Å². The molecule has 0 fully saturated rings. The molecule has 0 bridgehead atoms. The summed E-state index contributed by atoms with van der Waals surface area (Å²) in [5, 5.41) is 0. The van der Waals surface area contributed by atoms with Crippen molar-refractivity contribution in [2.75, 3.05) is 41.7 Å². The Hall–Kier alpha value is -2.93. The monoisotopic (exact) mass is 414 g/mol. The lowest BCUT2D eigenvalue weighted by molar-refractivity contribution is -0.914. The SMILES string of the molecule is COc1ccc(CC(=O)C[C@H]2c3c(cc4c(c3OC)OCO4)CC[NH+]2C)cc1OC. The highest BCUT2D eigenvalue weighted by Gasteiger charge is 2.37. The van der Waals surface area contributed by atoms with Crippen molar-refractivity contribution in [2.45, 2.75) is 25.3 Å². The minimum Gasteiger partial charge on any atom is -0.493 e. The first-order chi connectivity index (χ1) is 14.5. The maximum atomic E-state index is 13.0. The fourth-order valence-corrected chi connectivity index (χ4v) is 4.42. The highest BCUT2D eigenvalue weighted by molar-refractivity contribution is 5.82. The number of hydrogen-bond donors (Lipinski definition) is 1. The number of ketones is 1. The van der Waals surface area contributed by atoms with E-state index in [0.29, 0.717) is 35.8 Å². The van der Waals surface area contributed by atoms with Crippen LogP contribution in [0.4, 0.5) is 0 Å². The van der Waals surface area contributed by atoms with Crippen molar-refractivity contribution in [3.8, 4) is 28.7 Å². The van der Waals surface area contributed by atoms with Crippen molar-refractivity contribution in [1.29, 1.82) is 0 Å². The summed E-state index contributed by atoms with van der Waals surface area (Å²) in [4.78, 5) is 14.3. The number of rotatable bonds is 7. The van der Waals surface area contributed by atoms with Gasteiger partial charge in [0.1, 0.15) is 11.8 Å². The number of ether oxygens (including phenoxy) is 5. The van der Waals surface area contributed by atoms with Gasteiger partial charge in [0.25, 0.3) is 0 Å². The zero-order valence-corrected chi connectivity index (χ0v) is 17.9. The number of methoxy groups -OCH3 is 3. The van der Waals surface area contributed by atoms with Crippen LogP contribution in [0.25, 0.3) is 0 Å². The van der Waals surface area contributed by atoms with E-state index in [4.69, 9.17) is 23.7 Å². The summed E-state index contributed by atoms with van der Waals surface area (Å²) < 4.78 is 27.6. The molecule has 7 heteroatoms. The van der Waals surface area contributed by atoms with Crippen molar-refractivity contribution >= 4 is 5.78 Å². The number of benzene rings is 2. The van der Waals surface area contributed by atoms with E-state index in [2.05, 4.69) is 7.05 Å². The summed E-state index contributed by atoms with van der Waals surface area (Å²) in [5.41, 5.74) is 3.14. The van der Waals surface area contributed by atoms with Crippen LogP contribution in [0.5, 0.6) is 28.7 Å². The second-order valence-corrected chi connectivity index (χ2v) is 7.72. The second kappa shape index (κ2) is 8.44. The molecule has 0 aromatic heterocycles. The van der Waals surface area contributed by atoms with Gasteiger partial charge in [0, 0.05) is 12.8 Å². The average Bonchev–Trinajstić information content (AvgIpc) is 3.22. The number of carbonyl (C=O) groups is 1. The molecular formula is C23H28NO6+. The number of nitrogens with one attached hydrogen (secondary N) is 1. The minimum absolute atomic E-state index is 0.00541. The Bertz CT molecular complexity index is 957. The highest BCUT2D eigenvalue weighted by Crippen LogP contribution is 2.47. The molecule has 7 nitrogen and oxygen atoms in total. The Morgan fingerprint density at radius 3 is 2.63 bits per heavy atom. The molecule has 1 N–H and O–H groups in total. The number of hydrogen-bond acceptors (Lipinski definition) is 6. The van der Waals surface area contributed by atoms with Crippen LogP contribution in [-0.2, 0) is 17.6 Å². The normalized spacial score (nSPS) is 19.2.